The molecule has 0 amide bonds. The number of carbonyl (C=O) groups excluding carboxylic acids is 1. The number of aromatic hydroxyl groups is 1. The molecule has 0 aliphatic carbocycles. The van der Waals surface area contributed by atoms with E-state index in [0.717, 1.165) is 6.42 Å². The van der Waals surface area contributed by atoms with Crippen LogP contribution in [0.3, 0.4) is 0 Å². The van der Waals surface area contributed by atoms with Crippen LogP contribution in [-0.4, -0.2) is 23.4 Å². The summed E-state index contributed by atoms with van der Waals surface area (Å²) in [6.07, 6.45) is -4.18. The summed E-state index contributed by atoms with van der Waals surface area (Å²) in [6.45, 7) is 1.88. The number of rotatable bonds is 7. The maximum atomic E-state index is 12.1. The molecule has 0 aliphatic heterocycles. The molecule has 0 aliphatic rings. The van der Waals surface area contributed by atoms with Gasteiger partial charge >= 0.3 is 12.1 Å². The Kier molecular flexibility index (Phi) is 6.52. The molecule has 1 rings (SSSR count). The molecule has 1 aromatic carbocycles. The number of ether oxygens (including phenoxy) is 1. The first-order chi connectivity index (χ1) is 9.81. The average molecular weight is 304 g/mol. The van der Waals surface area contributed by atoms with Crippen LogP contribution in [0.4, 0.5) is 13.2 Å². The largest absolute Gasteiger partial charge is 0.508 e. The van der Waals surface area contributed by atoms with E-state index < -0.39 is 24.7 Å². The van der Waals surface area contributed by atoms with Gasteiger partial charge in [-0.3, -0.25) is 0 Å². The van der Waals surface area contributed by atoms with Gasteiger partial charge in [-0.15, -0.1) is 0 Å². The SMILES string of the molecule is CCC[C@H](CCCC(F)(F)F)OC(=O)c1ccc(O)cc1. The van der Waals surface area contributed by atoms with Gasteiger partial charge in [0.15, 0.2) is 0 Å². The summed E-state index contributed by atoms with van der Waals surface area (Å²) in [5.74, 6) is -0.553. The summed E-state index contributed by atoms with van der Waals surface area (Å²) >= 11 is 0. The van der Waals surface area contributed by atoms with Crippen LogP contribution in [0.15, 0.2) is 24.3 Å². The smallest absolute Gasteiger partial charge is 0.389 e. The molecule has 0 heterocycles. The standard InChI is InChI=1S/C15H19F3O3/c1-2-4-13(5-3-10-15(16,17)18)21-14(20)11-6-8-12(19)9-7-11/h6-9,13,19H,2-5,10H2,1H3/t13-/m1/s1. The predicted molar refractivity (Wildman–Crippen MR) is 72.1 cm³/mol. The fraction of sp³-hybridized carbons (Fsp3) is 0.533. The second kappa shape index (κ2) is 7.90. The van der Waals surface area contributed by atoms with Crippen molar-refractivity contribution in [1.29, 1.82) is 0 Å². The van der Waals surface area contributed by atoms with E-state index in [9.17, 15) is 18.0 Å². The van der Waals surface area contributed by atoms with Crippen molar-refractivity contribution in [3.63, 3.8) is 0 Å². The summed E-state index contributed by atoms with van der Waals surface area (Å²) < 4.78 is 41.6. The quantitative estimate of drug-likeness (QED) is 0.757. The number of halogens is 3. The molecule has 0 radical (unpaired) electrons. The summed E-state index contributed by atoms with van der Waals surface area (Å²) in [4.78, 5) is 11.9. The number of hydrogen-bond acceptors (Lipinski definition) is 3. The molecule has 0 bridgehead atoms. The van der Waals surface area contributed by atoms with E-state index in [1.165, 1.54) is 24.3 Å². The number of benzene rings is 1. The van der Waals surface area contributed by atoms with Gasteiger partial charge in [0, 0.05) is 6.42 Å². The van der Waals surface area contributed by atoms with Gasteiger partial charge in [-0.25, -0.2) is 4.79 Å². The van der Waals surface area contributed by atoms with E-state index in [-0.39, 0.29) is 24.2 Å². The Morgan fingerprint density at radius 1 is 1.24 bits per heavy atom. The summed E-state index contributed by atoms with van der Waals surface area (Å²) in [5, 5.41) is 9.14. The lowest BCUT2D eigenvalue weighted by Crippen LogP contribution is -2.19. The van der Waals surface area contributed by atoms with Crippen LogP contribution < -0.4 is 0 Å². The number of phenols is 1. The lowest BCUT2D eigenvalue weighted by Gasteiger charge is -2.17. The zero-order valence-corrected chi connectivity index (χ0v) is 11.8. The Bertz CT molecular complexity index is 440. The first-order valence-electron chi connectivity index (χ1n) is 6.88. The van der Waals surface area contributed by atoms with Crippen molar-refractivity contribution < 1.29 is 27.8 Å². The molecule has 1 aromatic rings. The van der Waals surface area contributed by atoms with Crippen LogP contribution in [0.5, 0.6) is 5.75 Å². The Morgan fingerprint density at radius 2 is 1.86 bits per heavy atom. The van der Waals surface area contributed by atoms with Crippen LogP contribution in [0.2, 0.25) is 0 Å². The lowest BCUT2D eigenvalue weighted by atomic mass is 10.1. The number of hydrogen-bond donors (Lipinski definition) is 1. The fourth-order valence-corrected chi connectivity index (χ4v) is 1.93. The minimum Gasteiger partial charge on any atom is -0.508 e. The van der Waals surface area contributed by atoms with Crippen molar-refractivity contribution in [2.75, 3.05) is 0 Å². The minimum atomic E-state index is -4.18. The molecular weight excluding hydrogens is 285 g/mol. The molecule has 0 aromatic heterocycles. The Balaban J connectivity index is 2.52. The zero-order valence-electron chi connectivity index (χ0n) is 11.8. The van der Waals surface area contributed by atoms with Crippen LogP contribution >= 0.6 is 0 Å². The summed E-state index contributed by atoms with van der Waals surface area (Å²) in [6, 6.07) is 5.54. The van der Waals surface area contributed by atoms with Crippen molar-refractivity contribution >= 4 is 5.97 Å². The highest BCUT2D eigenvalue weighted by atomic mass is 19.4. The van der Waals surface area contributed by atoms with E-state index in [1.807, 2.05) is 6.92 Å². The first-order valence-corrected chi connectivity index (χ1v) is 6.88. The van der Waals surface area contributed by atoms with E-state index in [0.29, 0.717) is 6.42 Å². The molecule has 0 saturated carbocycles. The molecule has 0 saturated heterocycles. The van der Waals surface area contributed by atoms with Gasteiger partial charge in [0.25, 0.3) is 0 Å². The number of phenolic OH excluding ortho intramolecular Hbond substituents is 1. The zero-order chi connectivity index (χ0) is 15.9. The molecule has 21 heavy (non-hydrogen) atoms. The van der Waals surface area contributed by atoms with E-state index in [1.54, 1.807) is 0 Å². The van der Waals surface area contributed by atoms with Gasteiger partial charge in [-0.1, -0.05) is 13.3 Å². The van der Waals surface area contributed by atoms with Gasteiger partial charge in [-0.05, 0) is 43.5 Å². The monoisotopic (exact) mass is 304 g/mol. The van der Waals surface area contributed by atoms with Crippen LogP contribution in [-0.2, 0) is 4.74 Å². The van der Waals surface area contributed by atoms with Crippen LogP contribution in [0.1, 0.15) is 49.4 Å². The topological polar surface area (TPSA) is 46.5 Å². The van der Waals surface area contributed by atoms with Gasteiger partial charge in [0.1, 0.15) is 11.9 Å². The molecule has 6 heteroatoms. The Hall–Kier alpha value is -1.72. The molecule has 1 atom stereocenters. The highest BCUT2D eigenvalue weighted by Gasteiger charge is 2.27. The molecule has 3 nitrogen and oxygen atoms in total. The summed E-state index contributed by atoms with van der Waals surface area (Å²) in [7, 11) is 0. The van der Waals surface area contributed by atoms with Gasteiger partial charge in [0.2, 0.25) is 0 Å². The second-order valence-corrected chi connectivity index (χ2v) is 4.87. The number of carbonyl (C=O) groups is 1. The molecule has 0 spiro atoms. The van der Waals surface area contributed by atoms with Crippen LogP contribution in [0.25, 0.3) is 0 Å². The van der Waals surface area contributed by atoms with Crippen molar-refractivity contribution in [3.05, 3.63) is 29.8 Å². The normalized spacial score (nSPS) is 13.0. The van der Waals surface area contributed by atoms with Crippen molar-refractivity contribution in [1.82, 2.24) is 0 Å². The number of esters is 1. The molecule has 118 valence electrons. The second-order valence-electron chi connectivity index (χ2n) is 4.87. The third-order valence-electron chi connectivity index (χ3n) is 2.97. The van der Waals surface area contributed by atoms with Crippen molar-refractivity contribution in [2.45, 2.75) is 51.3 Å². The highest BCUT2D eigenvalue weighted by Crippen LogP contribution is 2.24. The molecule has 0 fully saturated rings. The predicted octanol–water partition coefficient (Wildman–Crippen LogP) is 4.45. The average Bonchev–Trinajstić information content (AvgIpc) is 2.38. The number of alkyl halides is 3. The van der Waals surface area contributed by atoms with Crippen molar-refractivity contribution in [3.8, 4) is 5.75 Å². The van der Waals surface area contributed by atoms with Crippen molar-refractivity contribution in [2.24, 2.45) is 0 Å². The first kappa shape index (κ1) is 17.3. The minimum absolute atomic E-state index is 0.0295. The maximum Gasteiger partial charge on any atom is 0.389 e. The van der Waals surface area contributed by atoms with Gasteiger partial charge < -0.3 is 9.84 Å². The third-order valence-corrected chi connectivity index (χ3v) is 2.97. The van der Waals surface area contributed by atoms with E-state index in [4.69, 9.17) is 9.84 Å². The van der Waals surface area contributed by atoms with Crippen LogP contribution in [0, 0.1) is 0 Å². The summed E-state index contributed by atoms with van der Waals surface area (Å²) in [5.41, 5.74) is 0.268. The third kappa shape index (κ3) is 7.02. The molecule has 1 N–H and O–H groups in total. The highest BCUT2D eigenvalue weighted by molar-refractivity contribution is 5.89. The van der Waals surface area contributed by atoms with Gasteiger partial charge in [-0.2, -0.15) is 13.2 Å². The Morgan fingerprint density at radius 3 is 2.38 bits per heavy atom. The lowest BCUT2D eigenvalue weighted by molar-refractivity contribution is -0.136. The van der Waals surface area contributed by atoms with Gasteiger partial charge in [0.05, 0.1) is 5.56 Å². The van der Waals surface area contributed by atoms with E-state index in [2.05, 4.69) is 0 Å². The molecule has 0 unspecified atom stereocenters. The fourth-order valence-electron chi connectivity index (χ4n) is 1.93. The Labute approximate surface area is 121 Å². The van der Waals surface area contributed by atoms with E-state index >= 15 is 0 Å². The maximum absolute atomic E-state index is 12.1. The molecular formula is C15H19F3O3.